The van der Waals surface area contributed by atoms with Crippen molar-refractivity contribution < 1.29 is 36.3 Å². The van der Waals surface area contributed by atoms with Gasteiger partial charge >= 0.3 is 15.8 Å². The number of carbonyl (C=O) groups excluding carboxylic acids is 2. The van der Waals surface area contributed by atoms with Gasteiger partial charge in [-0.05, 0) is 88.7 Å². The van der Waals surface area contributed by atoms with Crippen LogP contribution in [0.4, 0.5) is 10.1 Å². The number of benzene rings is 2. The summed E-state index contributed by atoms with van der Waals surface area (Å²) in [6.45, 7) is 9.04. The molecule has 0 radical (unpaired) electrons. The lowest BCUT2D eigenvalue weighted by atomic mass is 9.92. The number of amides is 2. The zero-order valence-corrected chi connectivity index (χ0v) is 31.1. The Morgan fingerprint density at radius 2 is 1.85 bits per heavy atom. The second-order valence-electron chi connectivity index (χ2n) is 14.5. The SMILES string of the molecule is CCOc1c(C(=O)NS(=O)(=O)N2CC3CCC2C3)ccc(C(=O)N2CCc3c(c(=O)oc4c(C)c(N5CCN(C)[C@@H](COC)C5)cc(C)c34)C2)c1F. The summed E-state index contributed by atoms with van der Waals surface area (Å²) >= 11 is 0. The normalized spacial score (nSPS) is 22.2. The molecule has 2 unspecified atom stereocenters. The van der Waals surface area contributed by atoms with Crippen molar-refractivity contribution in [3.63, 3.8) is 0 Å². The molecule has 2 amide bonds. The molecular formula is C37H46FN5O8S. The summed E-state index contributed by atoms with van der Waals surface area (Å²) < 4.78 is 62.6. The van der Waals surface area contributed by atoms with Gasteiger partial charge in [-0.15, -0.1) is 0 Å². The molecule has 0 spiro atoms. The number of carbonyl (C=O) groups is 2. The van der Waals surface area contributed by atoms with Gasteiger partial charge in [0, 0.05) is 62.5 Å². The summed E-state index contributed by atoms with van der Waals surface area (Å²) in [4.78, 5) is 46.6. The molecule has 3 atom stereocenters. The first-order valence-corrected chi connectivity index (χ1v) is 19.4. The van der Waals surface area contributed by atoms with Crippen molar-refractivity contribution in [1.82, 2.24) is 18.8 Å². The second-order valence-corrected chi connectivity index (χ2v) is 16.1. The highest BCUT2D eigenvalue weighted by atomic mass is 32.2. The lowest BCUT2D eigenvalue weighted by molar-refractivity contribution is 0.0726. The molecule has 4 aliphatic rings. The van der Waals surface area contributed by atoms with E-state index in [2.05, 4.69) is 27.6 Å². The number of halogens is 1. The minimum absolute atomic E-state index is 0.0360. The number of anilines is 1. The lowest BCUT2D eigenvalue weighted by Gasteiger charge is -2.41. The number of piperidine rings is 1. The van der Waals surface area contributed by atoms with Crippen molar-refractivity contribution in [1.29, 1.82) is 0 Å². The maximum atomic E-state index is 16.1. The Balaban J connectivity index is 1.14. The second kappa shape index (κ2) is 14.1. The Bertz CT molecular complexity index is 2110. The van der Waals surface area contributed by atoms with Gasteiger partial charge in [0.1, 0.15) is 5.58 Å². The highest BCUT2D eigenvalue weighted by Gasteiger charge is 2.44. The summed E-state index contributed by atoms with van der Waals surface area (Å²) in [7, 11) is -0.372. The molecule has 1 aliphatic carbocycles. The van der Waals surface area contributed by atoms with Crippen LogP contribution in [0.25, 0.3) is 11.0 Å². The molecule has 2 bridgehead atoms. The third-order valence-corrected chi connectivity index (χ3v) is 12.8. The Morgan fingerprint density at radius 1 is 1.08 bits per heavy atom. The van der Waals surface area contributed by atoms with Crippen LogP contribution in [0.2, 0.25) is 0 Å². The number of ether oxygens (including phenoxy) is 2. The number of hydrogen-bond acceptors (Lipinski definition) is 10. The van der Waals surface area contributed by atoms with Crippen LogP contribution < -0.4 is 20.0 Å². The molecule has 3 fully saturated rings. The fraction of sp³-hybridized carbons (Fsp3) is 0.541. The number of nitrogens with one attached hydrogen (secondary N) is 1. The van der Waals surface area contributed by atoms with Gasteiger partial charge in [-0.25, -0.2) is 13.9 Å². The number of aryl methyl sites for hydroxylation is 2. The highest BCUT2D eigenvalue weighted by Crippen LogP contribution is 2.39. The largest absolute Gasteiger partial charge is 0.490 e. The topological polar surface area (TPSA) is 142 Å². The third-order valence-electron chi connectivity index (χ3n) is 11.3. The predicted octanol–water partition coefficient (Wildman–Crippen LogP) is 3.37. The van der Waals surface area contributed by atoms with E-state index in [1.807, 2.05) is 13.8 Å². The molecule has 280 valence electrons. The molecule has 4 heterocycles. The minimum Gasteiger partial charge on any atom is -0.490 e. The van der Waals surface area contributed by atoms with E-state index in [-0.39, 0.29) is 48.8 Å². The first-order chi connectivity index (χ1) is 24.8. The highest BCUT2D eigenvalue weighted by molar-refractivity contribution is 7.87. The van der Waals surface area contributed by atoms with Gasteiger partial charge < -0.3 is 23.7 Å². The van der Waals surface area contributed by atoms with Crippen molar-refractivity contribution in [2.75, 3.05) is 65.0 Å². The molecule has 2 saturated heterocycles. The summed E-state index contributed by atoms with van der Waals surface area (Å²) in [5.41, 5.74) is 3.27. The summed E-state index contributed by atoms with van der Waals surface area (Å²) in [6, 6.07) is 4.55. The van der Waals surface area contributed by atoms with Crippen LogP contribution >= 0.6 is 0 Å². The number of methoxy groups -OCH3 is 1. The number of fused-ring (bicyclic) bond motifs is 5. The molecule has 52 heavy (non-hydrogen) atoms. The van der Waals surface area contributed by atoms with Gasteiger partial charge in [-0.2, -0.15) is 12.7 Å². The first kappa shape index (κ1) is 36.3. The fourth-order valence-corrected chi connectivity index (χ4v) is 10.0. The van der Waals surface area contributed by atoms with Gasteiger partial charge in [0.25, 0.3) is 11.8 Å². The minimum atomic E-state index is -4.16. The zero-order valence-electron chi connectivity index (χ0n) is 30.3. The Hall–Kier alpha value is -4.05. The third kappa shape index (κ3) is 6.35. The van der Waals surface area contributed by atoms with E-state index in [1.54, 1.807) is 14.0 Å². The van der Waals surface area contributed by atoms with Crippen molar-refractivity contribution in [2.24, 2.45) is 5.92 Å². The van der Waals surface area contributed by atoms with E-state index >= 15 is 4.39 Å². The van der Waals surface area contributed by atoms with Crippen LogP contribution in [-0.2, 0) is 27.9 Å². The molecule has 1 saturated carbocycles. The maximum absolute atomic E-state index is 16.1. The monoisotopic (exact) mass is 739 g/mol. The van der Waals surface area contributed by atoms with Gasteiger partial charge in [0.15, 0.2) is 11.6 Å². The van der Waals surface area contributed by atoms with Crippen LogP contribution in [0.3, 0.4) is 0 Å². The van der Waals surface area contributed by atoms with Crippen LogP contribution in [0.5, 0.6) is 5.75 Å². The van der Waals surface area contributed by atoms with Gasteiger partial charge in [0.2, 0.25) is 0 Å². The van der Waals surface area contributed by atoms with E-state index in [4.69, 9.17) is 13.9 Å². The van der Waals surface area contributed by atoms with Crippen LogP contribution in [0.1, 0.15) is 69.2 Å². The van der Waals surface area contributed by atoms with E-state index in [0.717, 1.165) is 72.7 Å². The summed E-state index contributed by atoms with van der Waals surface area (Å²) in [5, 5.41) is 0.849. The smallest absolute Gasteiger partial charge is 0.341 e. The van der Waals surface area contributed by atoms with Gasteiger partial charge in [-0.3, -0.25) is 14.5 Å². The number of piperazine rings is 1. The average molecular weight is 740 g/mol. The number of nitrogens with zero attached hydrogens (tertiary/aromatic N) is 4. The van der Waals surface area contributed by atoms with Crippen molar-refractivity contribution >= 4 is 38.7 Å². The molecular weight excluding hydrogens is 693 g/mol. The molecule has 15 heteroatoms. The van der Waals surface area contributed by atoms with Crippen molar-refractivity contribution in [3.05, 3.63) is 67.8 Å². The van der Waals surface area contributed by atoms with E-state index in [1.165, 1.54) is 15.3 Å². The van der Waals surface area contributed by atoms with E-state index < -0.39 is 39.2 Å². The first-order valence-electron chi connectivity index (χ1n) is 17.9. The maximum Gasteiger partial charge on any atom is 0.341 e. The van der Waals surface area contributed by atoms with Gasteiger partial charge in [-0.1, -0.05) is 0 Å². The van der Waals surface area contributed by atoms with E-state index in [0.29, 0.717) is 30.7 Å². The predicted molar refractivity (Wildman–Crippen MR) is 193 cm³/mol. The quantitative estimate of drug-likeness (QED) is 0.325. The van der Waals surface area contributed by atoms with Crippen molar-refractivity contribution in [2.45, 2.75) is 65.1 Å². The molecule has 3 aromatic rings. The summed E-state index contributed by atoms with van der Waals surface area (Å²) in [5.74, 6) is -3.06. The zero-order chi connectivity index (χ0) is 37.1. The average Bonchev–Trinajstić information content (AvgIpc) is 3.76. The molecule has 7 rings (SSSR count). The van der Waals surface area contributed by atoms with Crippen LogP contribution in [-0.4, -0.2) is 107 Å². The standard InChI is InChI=1S/C37H46FN5O8S/c1-6-50-34-28(35(44)39-52(47,48)43-17-23-7-8-24(43)16-23)10-9-27(32(34)38)36(45)42-12-11-26-29(19-42)37(46)51-33-22(3)30(15-21(2)31(26)33)41-14-13-40(4)25(18-41)20-49-5/h9-10,15,23-25H,6-8,11-14,16-20H2,1-5H3,(H,39,44)/t23?,24?,25-/m1/s1. The van der Waals surface area contributed by atoms with Crippen molar-refractivity contribution in [3.8, 4) is 5.75 Å². The number of hydrogen-bond donors (Lipinski definition) is 1. The van der Waals surface area contributed by atoms with Gasteiger partial charge in [0.05, 0.1) is 42.5 Å². The fourth-order valence-electron chi connectivity index (χ4n) is 8.55. The molecule has 1 aromatic heterocycles. The lowest BCUT2D eigenvalue weighted by Crippen LogP contribution is -2.53. The van der Waals surface area contributed by atoms with Crippen LogP contribution in [0, 0.1) is 25.6 Å². The molecule has 1 N–H and O–H groups in total. The number of rotatable bonds is 9. The summed E-state index contributed by atoms with van der Waals surface area (Å²) in [6.07, 6.45) is 2.81. The number of likely N-dealkylation sites (N-methyl/N-ethyl adjacent to an activating group) is 1. The van der Waals surface area contributed by atoms with E-state index in [9.17, 15) is 22.8 Å². The Kier molecular flexibility index (Phi) is 9.82. The van der Waals surface area contributed by atoms with Crippen LogP contribution in [0.15, 0.2) is 27.4 Å². The Morgan fingerprint density at radius 3 is 2.54 bits per heavy atom. The molecule has 13 nitrogen and oxygen atoms in total. The Labute approximate surface area is 302 Å². The molecule has 3 aliphatic heterocycles. The molecule has 2 aromatic carbocycles.